The van der Waals surface area contributed by atoms with E-state index < -0.39 is 39.7 Å². The Bertz CT molecular complexity index is 745. The quantitative estimate of drug-likeness (QED) is 0.796. The number of carbonyl (C=O) groups excluding carboxylic acids is 2. The highest BCUT2D eigenvalue weighted by Gasteiger charge is 2.46. The number of imide groups is 1. The fraction of sp³-hybridized carbons (Fsp3) is 0.333. The van der Waals surface area contributed by atoms with Crippen molar-refractivity contribution >= 4 is 22.0 Å². The number of hydrogen-bond acceptors (Lipinski definition) is 5. The fourth-order valence-corrected chi connectivity index (χ4v) is 3.81. The van der Waals surface area contributed by atoms with E-state index in [1.165, 1.54) is 0 Å². The predicted octanol–water partition coefficient (Wildman–Crippen LogP) is 0.316. The van der Waals surface area contributed by atoms with Crippen LogP contribution in [-0.2, 0) is 19.6 Å². The van der Waals surface area contributed by atoms with Gasteiger partial charge in [-0.05, 0) is 18.2 Å². The first-order valence-electron chi connectivity index (χ1n) is 6.24. The van der Waals surface area contributed by atoms with Crippen LogP contribution in [0.4, 0.5) is 13.6 Å². The van der Waals surface area contributed by atoms with Crippen molar-refractivity contribution in [2.45, 2.75) is 10.9 Å². The molecule has 0 aliphatic carbocycles. The van der Waals surface area contributed by atoms with Gasteiger partial charge in [-0.25, -0.2) is 26.9 Å². The van der Waals surface area contributed by atoms with Gasteiger partial charge in [-0.3, -0.25) is 4.79 Å². The molecular weight excluding hydrogens is 322 g/mol. The summed E-state index contributed by atoms with van der Waals surface area (Å²) in [5.41, 5.74) is 0. The lowest BCUT2D eigenvalue weighted by Crippen LogP contribution is -2.62. The molecule has 0 N–H and O–H groups in total. The molecule has 2 saturated heterocycles. The standard InChI is InChI=1S/C12H10F2N2O5S/c13-9-2-1-8(3-10(9)14)22(19,20)15-4-7(5-15)16-11(17)6-21-12(16)18/h1-3,7H,4-6H2. The van der Waals surface area contributed by atoms with Gasteiger partial charge < -0.3 is 4.74 Å². The molecule has 1 aromatic carbocycles. The lowest BCUT2D eigenvalue weighted by atomic mass is 10.1. The van der Waals surface area contributed by atoms with Crippen molar-refractivity contribution in [2.75, 3.05) is 19.7 Å². The second-order valence-corrected chi connectivity index (χ2v) is 6.81. The summed E-state index contributed by atoms with van der Waals surface area (Å²) in [6.07, 6.45) is -0.806. The molecular formula is C12H10F2N2O5S. The summed E-state index contributed by atoms with van der Waals surface area (Å²) in [5.74, 6) is -2.94. The molecule has 2 amide bonds. The van der Waals surface area contributed by atoms with E-state index in [4.69, 9.17) is 0 Å². The van der Waals surface area contributed by atoms with Crippen LogP contribution in [0.5, 0.6) is 0 Å². The van der Waals surface area contributed by atoms with Gasteiger partial charge in [0.15, 0.2) is 18.2 Å². The van der Waals surface area contributed by atoms with E-state index in [2.05, 4.69) is 4.74 Å². The summed E-state index contributed by atoms with van der Waals surface area (Å²) in [7, 11) is -4.00. The first-order chi connectivity index (χ1) is 10.3. The minimum absolute atomic E-state index is 0.109. The number of cyclic esters (lactones) is 1. The molecule has 0 aromatic heterocycles. The average Bonchev–Trinajstić information content (AvgIpc) is 2.72. The SMILES string of the molecule is O=C1COC(=O)N1C1CN(S(=O)(=O)c2ccc(F)c(F)c2)C1. The molecule has 118 valence electrons. The summed E-state index contributed by atoms with van der Waals surface area (Å²) in [6, 6.07) is 1.66. The number of hydrogen-bond donors (Lipinski definition) is 0. The summed E-state index contributed by atoms with van der Waals surface area (Å²) in [4.78, 5) is 23.3. The van der Waals surface area contributed by atoms with E-state index >= 15 is 0 Å². The molecule has 0 spiro atoms. The van der Waals surface area contributed by atoms with E-state index in [1.54, 1.807) is 0 Å². The van der Waals surface area contributed by atoms with Crippen molar-refractivity contribution in [3.05, 3.63) is 29.8 Å². The van der Waals surface area contributed by atoms with Crippen LogP contribution >= 0.6 is 0 Å². The Morgan fingerprint density at radius 3 is 2.36 bits per heavy atom. The largest absolute Gasteiger partial charge is 0.439 e. The summed E-state index contributed by atoms with van der Waals surface area (Å²) < 4.78 is 56.0. The highest BCUT2D eigenvalue weighted by Crippen LogP contribution is 2.27. The van der Waals surface area contributed by atoms with Gasteiger partial charge in [0.25, 0.3) is 5.91 Å². The maximum atomic E-state index is 13.1. The lowest BCUT2D eigenvalue weighted by Gasteiger charge is -2.40. The number of amides is 2. The maximum Gasteiger partial charge on any atom is 0.417 e. The van der Waals surface area contributed by atoms with E-state index in [9.17, 15) is 26.8 Å². The summed E-state index contributed by atoms with van der Waals surface area (Å²) in [6.45, 7) is -0.574. The number of rotatable bonds is 3. The van der Waals surface area contributed by atoms with Gasteiger partial charge in [-0.1, -0.05) is 0 Å². The lowest BCUT2D eigenvalue weighted by molar-refractivity contribution is -0.128. The Morgan fingerprint density at radius 2 is 1.82 bits per heavy atom. The Balaban J connectivity index is 1.75. The first kappa shape index (κ1) is 14.9. The van der Waals surface area contributed by atoms with Crippen molar-refractivity contribution in [2.24, 2.45) is 0 Å². The van der Waals surface area contributed by atoms with Crippen LogP contribution < -0.4 is 0 Å². The molecule has 7 nitrogen and oxygen atoms in total. The molecule has 3 rings (SSSR count). The van der Waals surface area contributed by atoms with Crippen LogP contribution in [0.2, 0.25) is 0 Å². The monoisotopic (exact) mass is 332 g/mol. The minimum atomic E-state index is -4.00. The van der Waals surface area contributed by atoms with E-state index in [-0.39, 0.29) is 24.6 Å². The van der Waals surface area contributed by atoms with Crippen LogP contribution in [0.15, 0.2) is 23.1 Å². The zero-order valence-corrected chi connectivity index (χ0v) is 11.8. The minimum Gasteiger partial charge on any atom is -0.439 e. The molecule has 0 unspecified atom stereocenters. The molecule has 0 radical (unpaired) electrons. The second kappa shape index (κ2) is 4.99. The van der Waals surface area contributed by atoms with Crippen molar-refractivity contribution in [1.29, 1.82) is 0 Å². The summed E-state index contributed by atoms with van der Waals surface area (Å²) in [5, 5.41) is 0. The zero-order valence-electron chi connectivity index (χ0n) is 11.0. The maximum absolute atomic E-state index is 13.1. The second-order valence-electron chi connectivity index (χ2n) is 4.87. The van der Waals surface area contributed by atoms with Gasteiger partial charge in [0.05, 0.1) is 10.9 Å². The molecule has 2 fully saturated rings. The number of halogens is 2. The highest BCUT2D eigenvalue weighted by molar-refractivity contribution is 7.89. The molecule has 2 aliphatic heterocycles. The molecule has 2 heterocycles. The normalized spacial score (nSPS) is 20.2. The third-order valence-corrected chi connectivity index (χ3v) is 5.33. The molecule has 22 heavy (non-hydrogen) atoms. The van der Waals surface area contributed by atoms with E-state index in [0.717, 1.165) is 21.3 Å². The first-order valence-corrected chi connectivity index (χ1v) is 7.69. The fourth-order valence-electron chi connectivity index (χ4n) is 2.28. The van der Waals surface area contributed by atoms with Crippen LogP contribution in [-0.4, -0.2) is 55.4 Å². The highest BCUT2D eigenvalue weighted by atomic mass is 32.2. The van der Waals surface area contributed by atoms with E-state index in [1.807, 2.05) is 0 Å². The van der Waals surface area contributed by atoms with Crippen molar-refractivity contribution in [1.82, 2.24) is 9.21 Å². The Labute approximate surface area is 124 Å². The van der Waals surface area contributed by atoms with Gasteiger partial charge in [0.1, 0.15) is 0 Å². The van der Waals surface area contributed by atoms with E-state index in [0.29, 0.717) is 6.07 Å². The van der Waals surface area contributed by atoms with Gasteiger partial charge in [0, 0.05) is 13.1 Å². The zero-order chi connectivity index (χ0) is 16.1. The third-order valence-electron chi connectivity index (χ3n) is 3.51. The van der Waals surface area contributed by atoms with Crippen molar-refractivity contribution in [3.63, 3.8) is 0 Å². The smallest absolute Gasteiger partial charge is 0.417 e. The van der Waals surface area contributed by atoms with Crippen molar-refractivity contribution < 1.29 is 31.5 Å². The van der Waals surface area contributed by atoms with Gasteiger partial charge in [-0.15, -0.1) is 0 Å². The Kier molecular flexibility index (Phi) is 3.37. The molecule has 0 atom stereocenters. The average molecular weight is 332 g/mol. The molecule has 0 saturated carbocycles. The Morgan fingerprint density at radius 1 is 1.14 bits per heavy atom. The van der Waals surface area contributed by atoms with Gasteiger partial charge in [-0.2, -0.15) is 4.31 Å². The predicted molar refractivity (Wildman–Crippen MR) is 67.1 cm³/mol. The topological polar surface area (TPSA) is 84.0 Å². The van der Waals surface area contributed by atoms with Crippen LogP contribution in [0.3, 0.4) is 0 Å². The number of ether oxygens (including phenoxy) is 1. The van der Waals surface area contributed by atoms with Crippen LogP contribution in [0, 0.1) is 11.6 Å². The van der Waals surface area contributed by atoms with Gasteiger partial charge >= 0.3 is 6.09 Å². The van der Waals surface area contributed by atoms with Gasteiger partial charge in [0.2, 0.25) is 10.0 Å². The number of nitrogens with zero attached hydrogens (tertiary/aromatic N) is 2. The molecule has 0 bridgehead atoms. The molecule has 2 aliphatic rings. The molecule has 1 aromatic rings. The third kappa shape index (κ3) is 2.24. The number of benzene rings is 1. The number of sulfonamides is 1. The number of carbonyl (C=O) groups is 2. The summed E-state index contributed by atoms with van der Waals surface area (Å²) >= 11 is 0. The molecule has 10 heteroatoms. The van der Waals surface area contributed by atoms with Crippen LogP contribution in [0.25, 0.3) is 0 Å². The van der Waals surface area contributed by atoms with Crippen molar-refractivity contribution in [3.8, 4) is 0 Å². The Hall–Kier alpha value is -2.07. The van der Waals surface area contributed by atoms with Crippen LogP contribution in [0.1, 0.15) is 0 Å².